The predicted octanol–water partition coefficient (Wildman–Crippen LogP) is 3.14. The maximum absolute atomic E-state index is 10.8. The van der Waals surface area contributed by atoms with Gasteiger partial charge in [0, 0.05) is 5.57 Å². The van der Waals surface area contributed by atoms with Crippen LogP contribution in [0.25, 0.3) is 0 Å². The van der Waals surface area contributed by atoms with E-state index in [4.69, 9.17) is 5.11 Å². The molecule has 0 aliphatic heterocycles. The van der Waals surface area contributed by atoms with Gasteiger partial charge in [0.2, 0.25) is 0 Å². The summed E-state index contributed by atoms with van der Waals surface area (Å²) < 4.78 is 0. The Balaban J connectivity index is 2.19. The molecule has 0 heterocycles. The number of aliphatic carboxylic acids is 1. The molecule has 0 amide bonds. The van der Waals surface area contributed by atoms with E-state index >= 15 is 0 Å². The van der Waals surface area contributed by atoms with E-state index in [9.17, 15) is 4.79 Å². The maximum Gasteiger partial charge on any atom is 0.330 e. The summed E-state index contributed by atoms with van der Waals surface area (Å²) in [5.41, 5.74) is 3.01. The highest BCUT2D eigenvalue weighted by molar-refractivity contribution is 5.85. The lowest BCUT2D eigenvalue weighted by molar-refractivity contribution is -0.132. The third kappa shape index (κ3) is 2.16. The lowest BCUT2D eigenvalue weighted by atomic mass is 9.80. The number of carbonyl (C=O) groups is 1. The van der Waals surface area contributed by atoms with Gasteiger partial charge in [-0.25, -0.2) is 4.79 Å². The Labute approximate surface area is 95.6 Å². The predicted molar refractivity (Wildman–Crippen MR) is 63.5 cm³/mol. The van der Waals surface area contributed by atoms with Gasteiger partial charge in [-0.2, -0.15) is 0 Å². The number of fused-ring (bicyclic) bond motifs is 1. The molecule has 0 radical (unpaired) electrons. The summed E-state index contributed by atoms with van der Waals surface area (Å²) in [6, 6.07) is 8.34. The zero-order valence-corrected chi connectivity index (χ0v) is 9.28. The second kappa shape index (κ2) is 4.52. The van der Waals surface area contributed by atoms with Gasteiger partial charge >= 0.3 is 5.97 Å². The number of carboxylic acid groups (broad SMARTS) is 1. The number of benzene rings is 1. The first-order valence-electron chi connectivity index (χ1n) is 5.67. The monoisotopic (exact) mass is 216 g/mol. The quantitative estimate of drug-likeness (QED) is 0.788. The normalized spacial score (nSPS) is 18.9. The molecule has 0 saturated heterocycles. The van der Waals surface area contributed by atoms with Crippen LogP contribution in [-0.4, -0.2) is 11.1 Å². The van der Waals surface area contributed by atoms with Gasteiger partial charge in [0.25, 0.3) is 0 Å². The first-order chi connectivity index (χ1) is 7.68. The summed E-state index contributed by atoms with van der Waals surface area (Å²) in [6.45, 7) is 3.62. The van der Waals surface area contributed by atoms with E-state index in [-0.39, 0.29) is 0 Å². The molecule has 1 N–H and O–H groups in total. The average molecular weight is 216 g/mol. The van der Waals surface area contributed by atoms with E-state index in [1.807, 2.05) is 12.1 Å². The van der Waals surface area contributed by atoms with E-state index < -0.39 is 5.97 Å². The van der Waals surface area contributed by atoms with Crippen molar-refractivity contribution in [2.45, 2.75) is 31.6 Å². The molecule has 2 rings (SSSR count). The van der Waals surface area contributed by atoms with Crippen LogP contribution in [-0.2, 0) is 11.2 Å². The molecular formula is C14H16O2. The van der Waals surface area contributed by atoms with Crippen LogP contribution in [0, 0.1) is 0 Å². The summed E-state index contributed by atoms with van der Waals surface area (Å²) in [4.78, 5) is 10.8. The SMILES string of the molecule is C=C(CC1CCCc2ccccc21)C(=O)O. The van der Waals surface area contributed by atoms with Gasteiger partial charge in [-0.15, -0.1) is 0 Å². The summed E-state index contributed by atoms with van der Waals surface area (Å²) in [5.74, 6) is -0.531. The number of carboxylic acids is 1. The first-order valence-corrected chi connectivity index (χ1v) is 5.67. The topological polar surface area (TPSA) is 37.3 Å². The van der Waals surface area contributed by atoms with Gasteiger partial charge in [-0.3, -0.25) is 0 Å². The lowest BCUT2D eigenvalue weighted by Gasteiger charge is -2.25. The molecule has 0 fully saturated rings. The van der Waals surface area contributed by atoms with Gasteiger partial charge < -0.3 is 5.11 Å². The van der Waals surface area contributed by atoms with Crippen molar-refractivity contribution in [1.82, 2.24) is 0 Å². The van der Waals surface area contributed by atoms with Crippen LogP contribution in [0.3, 0.4) is 0 Å². The van der Waals surface area contributed by atoms with Crippen LogP contribution >= 0.6 is 0 Å². The molecule has 2 heteroatoms. The fourth-order valence-corrected chi connectivity index (χ4v) is 2.45. The minimum Gasteiger partial charge on any atom is -0.478 e. The number of hydrogen-bond acceptors (Lipinski definition) is 1. The molecular weight excluding hydrogens is 200 g/mol. The highest BCUT2D eigenvalue weighted by Crippen LogP contribution is 2.35. The lowest BCUT2D eigenvalue weighted by Crippen LogP contribution is -2.12. The highest BCUT2D eigenvalue weighted by Gasteiger charge is 2.21. The van der Waals surface area contributed by atoms with Crippen molar-refractivity contribution < 1.29 is 9.90 Å². The third-order valence-electron chi connectivity index (χ3n) is 3.29. The van der Waals surface area contributed by atoms with Crippen LogP contribution in [0.5, 0.6) is 0 Å². The highest BCUT2D eigenvalue weighted by atomic mass is 16.4. The van der Waals surface area contributed by atoms with E-state index in [0.29, 0.717) is 17.9 Å². The number of aryl methyl sites for hydroxylation is 1. The Morgan fingerprint density at radius 2 is 2.19 bits per heavy atom. The Kier molecular flexibility index (Phi) is 3.09. The second-order valence-corrected chi connectivity index (χ2v) is 4.40. The number of rotatable bonds is 3. The van der Waals surface area contributed by atoms with Crippen molar-refractivity contribution in [3.8, 4) is 0 Å². The van der Waals surface area contributed by atoms with E-state index in [2.05, 4.69) is 18.7 Å². The smallest absolute Gasteiger partial charge is 0.330 e. The van der Waals surface area contributed by atoms with E-state index in [0.717, 1.165) is 19.3 Å². The van der Waals surface area contributed by atoms with Gasteiger partial charge in [-0.05, 0) is 42.7 Å². The zero-order valence-electron chi connectivity index (χ0n) is 9.28. The molecule has 16 heavy (non-hydrogen) atoms. The molecule has 1 aliphatic rings. The van der Waals surface area contributed by atoms with Crippen LogP contribution in [0.2, 0.25) is 0 Å². The van der Waals surface area contributed by atoms with Crippen LogP contribution in [0.4, 0.5) is 0 Å². The van der Waals surface area contributed by atoms with Crippen molar-refractivity contribution in [1.29, 1.82) is 0 Å². The fourth-order valence-electron chi connectivity index (χ4n) is 2.45. The van der Waals surface area contributed by atoms with Crippen LogP contribution in [0.1, 0.15) is 36.3 Å². The zero-order chi connectivity index (χ0) is 11.5. The van der Waals surface area contributed by atoms with Crippen LogP contribution < -0.4 is 0 Å². The fraction of sp³-hybridized carbons (Fsp3) is 0.357. The van der Waals surface area contributed by atoms with Crippen molar-refractivity contribution in [2.75, 3.05) is 0 Å². The Hall–Kier alpha value is -1.57. The summed E-state index contributed by atoms with van der Waals surface area (Å²) >= 11 is 0. The van der Waals surface area contributed by atoms with Gasteiger partial charge in [0.1, 0.15) is 0 Å². The van der Waals surface area contributed by atoms with E-state index in [1.54, 1.807) is 0 Å². The van der Waals surface area contributed by atoms with Crippen molar-refractivity contribution >= 4 is 5.97 Å². The molecule has 0 aromatic heterocycles. The van der Waals surface area contributed by atoms with Crippen LogP contribution in [0.15, 0.2) is 36.4 Å². The molecule has 0 spiro atoms. The first kappa shape index (κ1) is 10.9. The molecule has 1 aromatic carbocycles. The molecule has 84 valence electrons. The van der Waals surface area contributed by atoms with Gasteiger partial charge in [-0.1, -0.05) is 30.8 Å². The third-order valence-corrected chi connectivity index (χ3v) is 3.29. The average Bonchev–Trinajstić information content (AvgIpc) is 2.29. The largest absolute Gasteiger partial charge is 0.478 e. The van der Waals surface area contributed by atoms with Crippen molar-refractivity contribution in [2.24, 2.45) is 0 Å². The maximum atomic E-state index is 10.8. The standard InChI is InChI=1S/C14H16O2/c1-10(14(15)16)9-12-7-4-6-11-5-2-3-8-13(11)12/h2-3,5,8,12H,1,4,6-7,9H2,(H,15,16). The summed E-state index contributed by atoms with van der Waals surface area (Å²) in [7, 11) is 0. The summed E-state index contributed by atoms with van der Waals surface area (Å²) in [5, 5.41) is 8.86. The molecule has 0 saturated carbocycles. The molecule has 1 aliphatic carbocycles. The Morgan fingerprint density at radius 3 is 2.94 bits per heavy atom. The minimum atomic E-state index is -0.872. The van der Waals surface area contributed by atoms with Gasteiger partial charge in [0.15, 0.2) is 0 Å². The molecule has 2 nitrogen and oxygen atoms in total. The van der Waals surface area contributed by atoms with Crippen molar-refractivity contribution in [3.63, 3.8) is 0 Å². The molecule has 1 unspecified atom stereocenters. The second-order valence-electron chi connectivity index (χ2n) is 4.40. The van der Waals surface area contributed by atoms with E-state index in [1.165, 1.54) is 11.1 Å². The Bertz CT molecular complexity index is 420. The molecule has 1 atom stereocenters. The molecule has 0 bridgehead atoms. The number of hydrogen-bond donors (Lipinski definition) is 1. The van der Waals surface area contributed by atoms with Gasteiger partial charge in [0.05, 0.1) is 0 Å². The summed E-state index contributed by atoms with van der Waals surface area (Å²) in [6.07, 6.45) is 3.91. The van der Waals surface area contributed by atoms with Crippen molar-refractivity contribution in [3.05, 3.63) is 47.5 Å². The molecule has 1 aromatic rings. The Morgan fingerprint density at radius 1 is 1.44 bits per heavy atom. The minimum absolute atomic E-state index is 0.321.